The highest BCUT2D eigenvalue weighted by Gasteiger charge is 2.42. The van der Waals surface area contributed by atoms with Crippen LogP contribution < -0.4 is 14.9 Å². The molecule has 3 nitrogen and oxygen atoms in total. The highest BCUT2D eigenvalue weighted by molar-refractivity contribution is 7.55. The number of benzene rings is 2. The molecule has 0 amide bonds. The summed E-state index contributed by atoms with van der Waals surface area (Å²) in [6.45, 7) is 8.89. The maximum absolute atomic E-state index is 13.2. The van der Waals surface area contributed by atoms with Crippen molar-refractivity contribution in [3.05, 3.63) is 48.5 Å². The molecule has 0 spiro atoms. The summed E-state index contributed by atoms with van der Waals surface area (Å²) < 4.78 is 18.7. The molecule has 0 aliphatic heterocycles. The molecule has 0 saturated carbocycles. The van der Waals surface area contributed by atoms with Crippen LogP contribution in [0.25, 0.3) is 0 Å². The number of ether oxygens (including phenoxy) is 1. The minimum absolute atomic E-state index is 0.325. The van der Waals surface area contributed by atoms with Crippen LogP contribution in [0.1, 0.15) is 27.7 Å². The van der Waals surface area contributed by atoms with E-state index in [4.69, 9.17) is 4.74 Å². The molecule has 0 fully saturated rings. The summed E-state index contributed by atoms with van der Waals surface area (Å²) in [6, 6.07) is 16.0. The quantitative estimate of drug-likeness (QED) is 0.714. The first kappa shape index (κ1) is 17.5. The Bertz CT molecular complexity index is 678. The van der Waals surface area contributed by atoms with Gasteiger partial charge in [0.25, 0.3) is 5.30 Å². The second kappa shape index (κ2) is 7.14. The van der Waals surface area contributed by atoms with Gasteiger partial charge in [-0.3, -0.25) is 0 Å². The molecule has 2 aromatic rings. The summed E-state index contributed by atoms with van der Waals surface area (Å²) in [5.74, 6) is 0.688. The lowest BCUT2D eigenvalue weighted by atomic mass is 10.2. The third kappa shape index (κ3) is 3.73. The maximum Gasteiger partial charge on any atom is 0.388 e. The van der Waals surface area contributed by atoms with Gasteiger partial charge in [-0.2, -0.15) is 0 Å². The van der Waals surface area contributed by atoms with Gasteiger partial charge in [0.05, 0.1) is 12.8 Å². The lowest BCUT2D eigenvalue weighted by Crippen LogP contribution is -2.25. The van der Waals surface area contributed by atoms with Gasteiger partial charge in [-0.05, 0) is 52.0 Å². The van der Waals surface area contributed by atoms with Crippen molar-refractivity contribution in [2.75, 3.05) is 18.6 Å². The second-order valence-electron chi connectivity index (χ2n) is 6.37. The van der Waals surface area contributed by atoms with E-state index in [0.29, 0.717) is 5.75 Å². The van der Waals surface area contributed by atoms with Crippen molar-refractivity contribution in [3.8, 4) is 5.75 Å². The van der Waals surface area contributed by atoms with Gasteiger partial charge in [-0.25, -0.2) is 0 Å². The summed E-state index contributed by atoms with van der Waals surface area (Å²) in [5, 5.41) is 0.470. The Hall–Kier alpha value is -1.86. The van der Waals surface area contributed by atoms with Gasteiger partial charge >= 0.3 is 7.80 Å². The van der Waals surface area contributed by atoms with Crippen LogP contribution in [0.5, 0.6) is 5.75 Å². The maximum atomic E-state index is 13.2. The number of methoxy groups -OCH3 is 1. The molecule has 23 heavy (non-hydrogen) atoms. The summed E-state index contributed by atoms with van der Waals surface area (Å²) in [4.78, 5) is 2.18. The Morgan fingerprint density at radius 2 is 1.70 bits per heavy atom. The molecule has 1 unspecified atom stereocenters. The monoisotopic (exact) mass is 330 g/mol. The van der Waals surface area contributed by atoms with Crippen molar-refractivity contribution in [2.45, 2.75) is 32.9 Å². The lowest BCUT2D eigenvalue weighted by molar-refractivity contribution is 0.417. The molecule has 2 aromatic carbocycles. The molecule has 0 aliphatic carbocycles. The number of anilines is 2. The van der Waals surface area contributed by atoms with Gasteiger partial charge in [0.15, 0.2) is 10.9 Å². The zero-order valence-corrected chi connectivity index (χ0v) is 15.4. The first-order chi connectivity index (χ1) is 10.9. The summed E-state index contributed by atoms with van der Waals surface area (Å²) in [5.41, 5.74) is 2.04. The van der Waals surface area contributed by atoms with Crippen molar-refractivity contribution in [1.29, 1.82) is 0 Å². The van der Waals surface area contributed by atoms with Crippen LogP contribution in [0, 0.1) is 0 Å². The van der Waals surface area contributed by atoms with E-state index in [9.17, 15) is 4.57 Å². The Labute approximate surface area is 140 Å². The fraction of sp³-hybridized carbons (Fsp3) is 0.368. The van der Waals surface area contributed by atoms with Crippen molar-refractivity contribution in [2.24, 2.45) is 0 Å². The molecule has 4 heteroatoms. The van der Waals surface area contributed by atoms with E-state index in [1.807, 2.05) is 57.2 Å². The molecule has 122 valence electrons. The summed E-state index contributed by atoms with van der Waals surface area (Å²) in [7, 11) is 0.0229. The van der Waals surface area contributed by atoms with Gasteiger partial charge in [-0.15, -0.1) is 0 Å². The van der Waals surface area contributed by atoms with Gasteiger partial charge in [0.1, 0.15) is 0 Å². The number of hydrogen-bond acceptors (Lipinski definition) is 3. The van der Waals surface area contributed by atoms with Crippen LogP contribution in [0.4, 0.5) is 11.4 Å². The van der Waals surface area contributed by atoms with Crippen LogP contribution >= 0.6 is 7.80 Å². The Balaban J connectivity index is 2.64. The van der Waals surface area contributed by atoms with Crippen LogP contribution in [0.15, 0.2) is 48.5 Å². The van der Waals surface area contributed by atoms with Gasteiger partial charge in [-0.1, -0.05) is 28.8 Å². The number of nitrogens with zero attached hydrogens (tertiary/aromatic N) is 1. The molecule has 0 heterocycles. The average molecular weight is 330 g/mol. The van der Waals surface area contributed by atoms with E-state index in [2.05, 4.69) is 24.0 Å². The fourth-order valence-corrected chi connectivity index (χ4v) is 3.97. The van der Waals surface area contributed by atoms with Crippen LogP contribution in [0.2, 0.25) is 0 Å². The van der Waals surface area contributed by atoms with E-state index >= 15 is 0 Å². The predicted octanol–water partition coefficient (Wildman–Crippen LogP) is 5.10. The molecule has 0 N–H and O–H groups in total. The minimum atomic E-state index is -1.61. The van der Waals surface area contributed by atoms with Gasteiger partial charge < -0.3 is 9.64 Å². The molecular formula is C19H25NO2P+. The molecule has 0 radical (unpaired) electrons. The van der Waals surface area contributed by atoms with E-state index < -0.39 is 7.80 Å². The van der Waals surface area contributed by atoms with E-state index in [0.717, 1.165) is 23.2 Å². The highest BCUT2D eigenvalue weighted by Crippen LogP contribution is 2.44. The van der Waals surface area contributed by atoms with Gasteiger partial charge in [0.2, 0.25) is 0 Å². The highest BCUT2D eigenvalue weighted by atomic mass is 31.1. The Kier molecular flexibility index (Phi) is 5.43. The fourth-order valence-electron chi connectivity index (χ4n) is 2.53. The Morgan fingerprint density at radius 3 is 2.22 bits per heavy atom. The average Bonchev–Trinajstić information content (AvgIpc) is 2.54. The first-order valence-corrected chi connectivity index (χ1v) is 9.13. The van der Waals surface area contributed by atoms with Crippen LogP contribution in [0.3, 0.4) is 0 Å². The van der Waals surface area contributed by atoms with E-state index in [1.54, 1.807) is 7.11 Å². The van der Waals surface area contributed by atoms with Crippen molar-refractivity contribution in [1.82, 2.24) is 0 Å². The SMILES string of the molecule is CCN(c1ccccc1)c1cccc(OC)c1[P+](=O)C(C)(C)C. The summed E-state index contributed by atoms with van der Waals surface area (Å²) in [6.07, 6.45) is 0. The number of rotatable bonds is 5. The molecule has 0 bridgehead atoms. The van der Waals surface area contributed by atoms with Crippen molar-refractivity contribution in [3.63, 3.8) is 0 Å². The zero-order valence-electron chi connectivity index (χ0n) is 14.5. The van der Waals surface area contributed by atoms with Crippen LogP contribution in [-0.4, -0.2) is 18.8 Å². The molecule has 0 aromatic heterocycles. The van der Waals surface area contributed by atoms with Crippen molar-refractivity contribution < 1.29 is 9.30 Å². The smallest absolute Gasteiger partial charge is 0.388 e. The molecular weight excluding hydrogens is 305 g/mol. The van der Waals surface area contributed by atoms with Crippen molar-refractivity contribution >= 4 is 24.5 Å². The van der Waals surface area contributed by atoms with Gasteiger partial charge in [0, 0.05) is 12.2 Å². The minimum Gasteiger partial charge on any atom is -0.492 e. The summed E-state index contributed by atoms with van der Waals surface area (Å²) >= 11 is 0. The lowest BCUT2D eigenvalue weighted by Gasteiger charge is -2.24. The van der Waals surface area contributed by atoms with Crippen LogP contribution in [-0.2, 0) is 4.57 Å². The number of hydrogen-bond donors (Lipinski definition) is 0. The second-order valence-corrected chi connectivity index (χ2v) is 8.75. The molecule has 0 saturated heterocycles. The topological polar surface area (TPSA) is 29.5 Å². The standard InChI is InChI=1S/C19H25NO2P/c1-6-20(15-11-8-7-9-12-15)16-13-10-14-17(22-5)18(16)23(21)19(2,3)4/h7-14H,6H2,1-5H3/q+1. The third-order valence-corrected chi connectivity index (χ3v) is 5.76. The Morgan fingerprint density at radius 1 is 1.04 bits per heavy atom. The normalized spacial score (nSPS) is 12.0. The number of para-hydroxylation sites is 1. The predicted molar refractivity (Wildman–Crippen MR) is 99.1 cm³/mol. The molecule has 0 aliphatic rings. The zero-order chi connectivity index (χ0) is 17.0. The van der Waals surface area contributed by atoms with E-state index in [-0.39, 0.29) is 5.16 Å². The first-order valence-electron chi connectivity index (χ1n) is 7.87. The largest absolute Gasteiger partial charge is 0.492 e. The third-order valence-electron chi connectivity index (χ3n) is 3.68. The van der Waals surface area contributed by atoms with E-state index in [1.165, 1.54) is 0 Å². The molecule has 2 rings (SSSR count). The molecule has 1 atom stereocenters.